The summed E-state index contributed by atoms with van der Waals surface area (Å²) in [4.78, 5) is 16.0. The Morgan fingerprint density at radius 2 is 2.39 bits per heavy atom. The number of carbonyl (C=O) groups excluding carboxylic acids is 1. The fourth-order valence-corrected chi connectivity index (χ4v) is 1.81. The molecular formula is C12H14N4O2. The first-order valence-electron chi connectivity index (χ1n) is 5.94. The summed E-state index contributed by atoms with van der Waals surface area (Å²) in [5.41, 5.74) is 1.05. The second-order valence-corrected chi connectivity index (χ2v) is 4.36. The molecule has 18 heavy (non-hydrogen) atoms. The first-order chi connectivity index (χ1) is 8.78. The van der Waals surface area contributed by atoms with Gasteiger partial charge in [-0.3, -0.25) is 0 Å². The van der Waals surface area contributed by atoms with Crippen molar-refractivity contribution < 1.29 is 9.53 Å². The van der Waals surface area contributed by atoms with Crippen LogP contribution in [0.5, 0.6) is 0 Å². The Morgan fingerprint density at radius 1 is 1.56 bits per heavy atom. The number of hydrogen-bond acceptors (Lipinski definition) is 5. The molecule has 2 heterocycles. The van der Waals surface area contributed by atoms with E-state index in [0.717, 1.165) is 0 Å². The molecule has 0 radical (unpaired) electrons. The van der Waals surface area contributed by atoms with Crippen molar-refractivity contribution in [3.05, 3.63) is 29.7 Å². The minimum Gasteiger partial charge on any atom is -0.464 e. The van der Waals surface area contributed by atoms with Crippen LogP contribution in [0.1, 0.15) is 29.2 Å². The number of nitrogens with one attached hydrogen (secondary N) is 1. The van der Waals surface area contributed by atoms with Crippen molar-refractivity contribution in [2.24, 2.45) is 0 Å². The molecular weight excluding hydrogens is 232 g/mol. The molecule has 1 aliphatic carbocycles. The largest absolute Gasteiger partial charge is 0.464 e. The quantitative estimate of drug-likeness (QED) is 0.807. The molecule has 2 aromatic rings. The van der Waals surface area contributed by atoms with Crippen LogP contribution in [-0.4, -0.2) is 33.7 Å². The van der Waals surface area contributed by atoms with Crippen LogP contribution in [0.4, 0.5) is 0 Å². The summed E-state index contributed by atoms with van der Waals surface area (Å²) in [5, 5.41) is 7.67. The first-order valence-corrected chi connectivity index (χ1v) is 5.94. The minimum absolute atomic E-state index is 0.389. The van der Waals surface area contributed by atoms with Crippen LogP contribution in [0.15, 0.2) is 18.2 Å². The molecule has 94 valence electrons. The van der Waals surface area contributed by atoms with E-state index in [1.807, 2.05) is 6.07 Å². The molecule has 3 rings (SSSR count). The summed E-state index contributed by atoms with van der Waals surface area (Å²) in [6.07, 6.45) is 2.45. The van der Waals surface area contributed by atoms with Crippen molar-refractivity contribution in [1.82, 2.24) is 19.9 Å². The zero-order valence-electron chi connectivity index (χ0n) is 10.1. The van der Waals surface area contributed by atoms with Crippen molar-refractivity contribution in [2.45, 2.75) is 25.4 Å². The topological polar surface area (TPSA) is 68.5 Å². The normalized spacial score (nSPS) is 14.9. The number of methoxy groups -OCH3 is 1. The Hall–Kier alpha value is -1.95. The molecule has 6 heteroatoms. The Labute approximate surface area is 104 Å². The first kappa shape index (κ1) is 11.2. The van der Waals surface area contributed by atoms with E-state index >= 15 is 0 Å². The molecule has 1 N–H and O–H groups in total. The van der Waals surface area contributed by atoms with E-state index in [-0.39, 0.29) is 0 Å². The van der Waals surface area contributed by atoms with Crippen molar-refractivity contribution in [3.8, 4) is 0 Å². The highest BCUT2D eigenvalue weighted by molar-refractivity contribution is 5.88. The molecule has 2 aromatic heterocycles. The smallest absolute Gasteiger partial charge is 0.356 e. The summed E-state index contributed by atoms with van der Waals surface area (Å²) in [5.74, 6) is 0.283. The lowest BCUT2D eigenvalue weighted by atomic mass is 10.3. The van der Waals surface area contributed by atoms with E-state index in [1.54, 1.807) is 12.1 Å². The van der Waals surface area contributed by atoms with Crippen molar-refractivity contribution in [2.75, 3.05) is 7.11 Å². The standard InChI is InChI=1S/C12H14N4O2/c1-18-12(17)9-3-2-4-11-14-10(15-16(9)11)7-13-8-5-6-8/h2-4,8,13H,5-7H2,1H3. The molecule has 6 nitrogen and oxygen atoms in total. The van der Waals surface area contributed by atoms with E-state index in [2.05, 4.69) is 15.4 Å². The van der Waals surface area contributed by atoms with Gasteiger partial charge in [0.05, 0.1) is 13.7 Å². The number of hydrogen-bond donors (Lipinski definition) is 1. The van der Waals surface area contributed by atoms with E-state index in [1.165, 1.54) is 24.5 Å². The molecule has 1 saturated carbocycles. The number of esters is 1. The predicted octanol–water partition coefficient (Wildman–Crippen LogP) is 0.768. The maximum atomic E-state index is 11.6. The molecule has 0 amide bonds. The molecule has 1 fully saturated rings. The molecule has 0 atom stereocenters. The lowest BCUT2D eigenvalue weighted by molar-refractivity contribution is 0.0591. The van der Waals surface area contributed by atoms with E-state index in [9.17, 15) is 4.79 Å². The van der Waals surface area contributed by atoms with Gasteiger partial charge in [0.25, 0.3) is 0 Å². The summed E-state index contributed by atoms with van der Waals surface area (Å²) < 4.78 is 6.24. The zero-order valence-corrected chi connectivity index (χ0v) is 10.1. The van der Waals surface area contributed by atoms with Crippen LogP contribution in [0.2, 0.25) is 0 Å². The van der Waals surface area contributed by atoms with Gasteiger partial charge >= 0.3 is 5.97 Å². The van der Waals surface area contributed by atoms with Crippen LogP contribution in [0, 0.1) is 0 Å². The molecule has 0 aliphatic heterocycles. The van der Waals surface area contributed by atoms with Crippen LogP contribution in [0.25, 0.3) is 5.65 Å². The van der Waals surface area contributed by atoms with Gasteiger partial charge in [0, 0.05) is 6.04 Å². The van der Waals surface area contributed by atoms with Gasteiger partial charge in [0.15, 0.2) is 17.2 Å². The highest BCUT2D eigenvalue weighted by Crippen LogP contribution is 2.19. The van der Waals surface area contributed by atoms with Gasteiger partial charge < -0.3 is 10.1 Å². The molecule has 0 saturated heterocycles. The lowest BCUT2D eigenvalue weighted by Gasteiger charge is -2.00. The van der Waals surface area contributed by atoms with Gasteiger partial charge in [0.2, 0.25) is 0 Å². The Morgan fingerprint density at radius 3 is 3.11 bits per heavy atom. The second-order valence-electron chi connectivity index (χ2n) is 4.36. The Balaban J connectivity index is 1.91. The average molecular weight is 246 g/mol. The van der Waals surface area contributed by atoms with E-state index < -0.39 is 5.97 Å². The SMILES string of the molecule is COC(=O)c1cccc2nc(CNC3CC3)nn12. The number of rotatable bonds is 4. The predicted molar refractivity (Wildman–Crippen MR) is 64.2 cm³/mol. The fourth-order valence-electron chi connectivity index (χ4n) is 1.81. The maximum absolute atomic E-state index is 11.6. The van der Waals surface area contributed by atoms with Gasteiger partial charge in [-0.05, 0) is 25.0 Å². The van der Waals surface area contributed by atoms with Gasteiger partial charge in [-0.2, -0.15) is 0 Å². The van der Waals surface area contributed by atoms with Crippen molar-refractivity contribution in [3.63, 3.8) is 0 Å². The number of pyridine rings is 1. The molecule has 0 aromatic carbocycles. The number of aromatic nitrogens is 3. The van der Waals surface area contributed by atoms with Crippen LogP contribution in [0.3, 0.4) is 0 Å². The molecule has 1 aliphatic rings. The second kappa shape index (κ2) is 4.38. The number of ether oxygens (including phenoxy) is 1. The maximum Gasteiger partial charge on any atom is 0.356 e. The number of fused-ring (bicyclic) bond motifs is 1. The Bertz CT molecular complexity index is 589. The highest BCUT2D eigenvalue weighted by atomic mass is 16.5. The molecule has 0 bridgehead atoms. The van der Waals surface area contributed by atoms with Crippen molar-refractivity contribution in [1.29, 1.82) is 0 Å². The monoisotopic (exact) mass is 246 g/mol. The summed E-state index contributed by atoms with van der Waals surface area (Å²) in [6, 6.07) is 5.87. The molecule has 0 unspecified atom stereocenters. The van der Waals surface area contributed by atoms with Gasteiger partial charge in [0.1, 0.15) is 0 Å². The fraction of sp³-hybridized carbons (Fsp3) is 0.417. The highest BCUT2D eigenvalue weighted by Gasteiger charge is 2.21. The van der Waals surface area contributed by atoms with Gasteiger partial charge in [-0.25, -0.2) is 14.3 Å². The Kier molecular flexibility index (Phi) is 2.71. The van der Waals surface area contributed by atoms with Crippen LogP contribution < -0.4 is 5.32 Å². The minimum atomic E-state index is -0.410. The van der Waals surface area contributed by atoms with Crippen LogP contribution in [-0.2, 0) is 11.3 Å². The van der Waals surface area contributed by atoms with E-state index in [0.29, 0.717) is 29.8 Å². The molecule has 0 spiro atoms. The van der Waals surface area contributed by atoms with E-state index in [4.69, 9.17) is 4.74 Å². The summed E-state index contributed by atoms with van der Waals surface area (Å²) in [7, 11) is 1.35. The third-order valence-corrected chi connectivity index (χ3v) is 2.92. The third-order valence-electron chi connectivity index (χ3n) is 2.92. The summed E-state index contributed by atoms with van der Waals surface area (Å²) in [6.45, 7) is 0.632. The number of nitrogens with zero attached hydrogens (tertiary/aromatic N) is 3. The average Bonchev–Trinajstić information content (AvgIpc) is 3.13. The zero-order chi connectivity index (χ0) is 12.5. The van der Waals surface area contributed by atoms with Crippen LogP contribution >= 0.6 is 0 Å². The summed E-state index contributed by atoms with van der Waals surface area (Å²) >= 11 is 0. The van der Waals surface area contributed by atoms with Gasteiger partial charge in [-0.1, -0.05) is 6.07 Å². The van der Waals surface area contributed by atoms with Crippen molar-refractivity contribution >= 4 is 11.6 Å². The van der Waals surface area contributed by atoms with Gasteiger partial charge in [-0.15, -0.1) is 5.10 Å². The number of carbonyl (C=O) groups is 1. The third kappa shape index (κ3) is 2.06. The lowest BCUT2D eigenvalue weighted by Crippen LogP contribution is -2.16.